The Balaban J connectivity index is 0.00000736. The summed E-state index contributed by atoms with van der Waals surface area (Å²) in [5.41, 5.74) is 10.6. The van der Waals surface area contributed by atoms with E-state index < -0.39 is 5.41 Å². The first-order valence-corrected chi connectivity index (χ1v) is 25.6. The van der Waals surface area contributed by atoms with E-state index in [-0.39, 0.29) is 79.0 Å². The molecule has 2 aromatic heterocycles. The smallest absolute Gasteiger partial charge is 0.135 e. The van der Waals surface area contributed by atoms with Crippen LogP contribution in [-0.2, 0) is 48.1 Å². The molecule has 74 heavy (non-hydrogen) atoms. The minimum Gasteiger partial charge on any atom is -0.509 e. The Morgan fingerprint density at radius 3 is 1.92 bits per heavy atom. The summed E-state index contributed by atoms with van der Waals surface area (Å²) in [7, 11) is 0. The molecule has 2 aliphatic rings. The fourth-order valence-electron chi connectivity index (χ4n) is 10.5. The molecule has 0 atom stereocenters. The van der Waals surface area contributed by atoms with Crippen molar-refractivity contribution in [3.63, 3.8) is 0 Å². The molecule has 0 fully saturated rings. The number of benzene rings is 7. The molecule has 0 saturated heterocycles. The molecule has 7 aromatic carbocycles. The van der Waals surface area contributed by atoms with Crippen LogP contribution in [0.5, 0.6) is 11.5 Å². The molecule has 1 aliphatic carbocycles. The van der Waals surface area contributed by atoms with Crippen molar-refractivity contribution >= 4 is 44.6 Å². The van der Waals surface area contributed by atoms with Crippen LogP contribution in [0.2, 0.25) is 0 Å². The number of anilines is 4. The summed E-state index contributed by atoms with van der Waals surface area (Å²) in [4.78, 5) is 9.01. The van der Waals surface area contributed by atoms with Gasteiger partial charge in [0.1, 0.15) is 5.82 Å². The van der Waals surface area contributed by atoms with Gasteiger partial charge in [-0.05, 0) is 127 Å². The molecule has 0 amide bonds. The summed E-state index contributed by atoms with van der Waals surface area (Å²) in [6, 6.07) is 41.2. The number of rotatable bonds is 7. The first-order chi connectivity index (χ1) is 37.5. The number of ether oxygens (including phenoxy) is 1. The van der Waals surface area contributed by atoms with Crippen molar-refractivity contribution < 1.29 is 35.4 Å². The van der Waals surface area contributed by atoms with Crippen LogP contribution in [0.15, 0.2) is 152 Å². The minimum absolute atomic E-state index is 0. The van der Waals surface area contributed by atoms with E-state index >= 15 is 0 Å². The molecule has 0 radical (unpaired) electrons. The Morgan fingerprint density at radius 2 is 1.23 bits per heavy atom. The first-order valence-electron chi connectivity index (χ1n) is 29.1. The third kappa shape index (κ3) is 9.18. The number of para-hydroxylation sites is 3. The quantitative estimate of drug-likeness (QED) is 0.149. The molecule has 9 aromatic rings. The van der Waals surface area contributed by atoms with Gasteiger partial charge in [-0.15, -0.1) is 48.1 Å². The van der Waals surface area contributed by atoms with E-state index in [2.05, 4.69) is 167 Å². The van der Waals surface area contributed by atoms with E-state index in [0.29, 0.717) is 62.0 Å². The Morgan fingerprint density at radius 1 is 0.595 bits per heavy atom. The van der Waals surface area contributed by atoms with Crippen LogP contribution in [0.25, 0.3) is 49.9 Å². The number of aromatic nitrogens is 2. The molecule has 11 rings (SSSR count). The third-order valence-electron chi connectivity index (χ3n) is 15.1. The SMILES string of the molecule is [2H]c1c([2H])c2c(c([2H])c1-c1cc(C(C)(C)C)cc(-c3ccc(C(C)(C)C)cc3)c1N1[CH-]N(c3[c-]c(Oc4[c-]c5c(cc4)c4c([2H])c([2H])c([2H])c([2H])c4n5-c4cc(C(C)(C)C)ccn4)ccc3)c3ccccc31)C(C)(C)CCC2(C)C.[Pt]. The van der Waals surface area contributed by atoms with Gasteiger partial charge in [0, 0.05) is 72.5 Å². The van der Waals surface area contributed by atoms with Crippen molar-refractivity contribution in [2.24, 2.45) is 0 Å². The van der Waals surface area contributed by atoms with Crippen LogP contribution in [0.4, 0.5) is 22.7 Å². The predicted octanol–water partition coefficient (Wildman–Crippen LogP) is 18.6. The second-order valence-electron chi connectivity index (χ2n) is 24.4. The number of fused-ring (bicyclic) bond motifs is 5. The van der Waals surface area contributed by atoms with Crippen LogP contribution in [0.3, 0.4) is 0 Å². The molecule has 0 saturated carbocycles. The zero-order valence-corrected chi connectivity index (χ0v) is 47.2. The second-order valence-corrected chi connectivity index (χ2v) is 24.4. The van der Waals surface area contributed by atoms with E-state index in [0.717, 1.165) is 63.3 Å². The van der Waals surface area contributed by atoms with Crippen molar-refractivity contribution in [1.29, 1.82) is 0 Å². The van der Waals surface area contributed by atoms with Crippen LogP contribution in [0.1, 0.15) is 140 Å². The number of pyridine rings is 1. The van der Waals surface area contributed by atoms with Crippen molar-refractivity contribution in [1.82, 2.24) is 9.55 Å². The average Bonchev–Trinajstić information content (AvgIpc) is 4.00. The van der Waals surface area contributed by atoms with Gasteiger partial charge in [0.05, 0.1) is 9.60 Å². The van der Waals surface area contributed by atoms with Gasteiger partial charge >= 0.3 is 0 Å². The summed E-state index contributed by atoms with van der Waals surface area (Å²) in [5.74, 6) is 1.24. The normalized spacial score (nSPS) is 16.6. The van der Waals surface area contributed by atoms with Crippen molar-refractivity contribution in [2.75, 3.05) is 9.80 Å². The summed E-state index contributed by atoms with van der Waals surface area (Å²) < 4.78 is 74.0. The molecule has 0 bridgehead atoms. The van der Waals surface area contributed by atoms with Gasteiger partial charge in [-0.25, -0.2) is 4.98 Å². The van der Waals surface area contributed by atoms with E-state index in [1.165, 1.54) is 5.56 Å². The zero-order valence-electron chi connectivity index (χ0n) is 51.9. The van der Waals surface area contributed by atoms with E-state index in [1.807, 2.05) is 48.5 Å². The van der Waals surface area contributed by atoms with Gasteiger partial charge in [0.25, 0.3) is 0 Å². The molecule has 5 nitrogen and oxygen atoms in total. The molecular weight excluding hydrogens is 1080 g/mol. The third-order valence-corrected chi connectivity index (χ3v) is 15.1. The van der Waals surface area contributed by atoms with Crippen LogP contribution in [0, 0.1) is 18.8 Å². The fraction of sp³-hybridized carbons (Fsp3) is 0.294. The molecule has 1 aliphatic heterocycles. The summed E-state index contributed by atoms with van der Waals surface area (Å²) >= 11 is 0. The Hall–Kier alpha value is -6.42. The Kier molecular flexibility index (Phi) is 10.7. The summed E-state index contributed by atoms with van der Waals surface area (Å²) in [6.45, 7) is 30.3. The van der Waals surface area contributed by atoms with Gasteiger partial charge in [0.2, 0.25) is 0 Å². The topological polar surface area (TPSA) is 33.5 Å². The van der Waals surface area contributed by atoms with Gasteiger partial charge < -0.3 is 19.1 Å². The minimum atomic E-state index is -0.396. The number of nitrogens with zero attached hydrogens (tertiary/aromatic N) is 4. The summed E-state index contributed by atoms with van der Waals surface area (Å²) in [6.07, 6.45) is 3.45. The van der Waals surface area contributed by atoms with Crippen LogP contribution < -0.4 is 14.5 Å². The van der Waals surface area contributed by atoms with Crippen molar-refractivity contribution in [3.8, 4) is 39.6 Å². The van der Waals surface area contributed by atoms with Crippen molar-refractivity contribution in [3.05, 3.63) is 198 Å². The number of hydrogen-bond acceptors (Lipinski definition) is 4. The fourth-order valence-corrected chi connectivity index (χ4v) is 10.5. The maximum absolute atomic E-state index is 10.3. The summed E-state index contributed by atoms with van der Waals surface area (Å²) in [5, 5.41) is 0.955. The van der Waals surface area contributed by atoms with Gasteiger partial charge in [-0.1, -0.05) is 168 Å². The van der Waals surface area contributed by atoms with Gasteiger partial charge in [0.15, 0.2) is 0 Å². The Bertz CT molecular complexity index is 4010. The molecule has 0 spiro atoms. The number of hydrogen-bond donors (Lipinski definition) is 0. The van der Waals surface area contributed by atoms with Crippen LogP contribution >= 0.6 is 0 Å². The van der Waals surface area contributed by atoms with Gasteiger partial charge in [-0.3, -0.25) is 0 Å². The average molecular weight is 1160 g/mol. The molecule has 0 N–H and O–H groups in total. The second kappa shape index (κ2) is 18.4. The Labute approximate surface area is 464 Å². The van der Waals surface area contributed by atoms with E-state index in [4.69, 9.17) is 15.2 Å². The molecule has 0 unspecified atom stereocenters. The zero-order chi connectivity index (χ0) is 57.5. The first kappa shape index (κ1) is 42.9. The largest absolute Gasteiger partial charge is 0.509 e. The maximum Gasteiger partial charge on any atom is 0.135 e. The molecule has 3 heterocycles. The van der Waals surface area contributed by atoms with Crippen molar-refractivity contribution in [2.45, 2.75) is 130 Å². The molecular formula is C68H69N4OPt-3. The molecule has 380 valence electrons. The van der Waals surface area contributed by atoms with E-state index in [9.17, 15) is 4.11 Å². The standard InChI is InChI=1S/C68H69N4O.Pt/c1-64(2,3)46-28-25-44(26-29-46)54-38-48(66(7,8)9)39-55(45-27-32-56-57(37-45)68(12,13)35-34-67(56,10)11)63(54)71-43-70(59-23-16-17-24-60(59)71)49-19-18-20-50(41-49)73-51-30-31-53-52-21-14-15-22-58(52)72(61(53)42-51)62-40-47(33-36-69-62)65(4,5)6;/h14-33,36-40,43H,34-35H2,1-13H3;/q-3;/i14D,15D,21D,22D,27D,32D,37D;. The van der Waals surface area contributed by atoms with Gasteiger partial charge in [-0.2, -0.15) is 12.1 Å². The van der Waals surface area contributed by atoms with Crippen LogP contribution in [-0.4, -0.2) is 9.55 Å². The molecule has 6 heteroatoms. The van der Waals surface area contributed by atoms with E-state index in [1.54, 1.807) is 16.8 Å². The maximum atomic E-state index is 10.3. The predicted molar refractivity (Wildman–Crippen MR) is 306 cm³/mol. The monoisotopic (exact) mass is 1160 g/mol.